The highest BCUT2D eigenvalue weighted by atomic mass is 15.1. The van der Waals surface area contributed by atoms with E-state index in [9.17, 15) is 0 Å². The van der Waals surface area contributed by atoms with Crippen LogP contribution in [0, 0.1) is 62.3 Å². The molecule has 9 aromatic rings. The van der Waals surface area contributed by atoms with Gasteiger partial charge in [-0.15, -0.1) is 0 Å². The smallest absolute Gasteiger partial charge is 0.0461 e. The molecule has 0 heterocycles. The zero-order chi connectivity index (χ0) is 45.4. The summed E-state index contributed by atoms with van der Waals surface area (Å²) in [6.45, 7) is 19.0. The molecule has 0 unspecified atom stereocenters. The highest BCUT2D eigenvalue weighted by Crippen LogP contribution is 2.35. The van der Waals surface area contributed by atoms with Gasteiger partial charge in [0, 0.05) is 17.1 Å². The number of rotatable bonds is 6. The van der Waals surface area contributed by atoms with Crippen LogP contribution in [0.2, 0.25) is 0 Å². The van der Waals surface area contributed by atoms with Crippen molar-refractivity contribution in [1.29, 1.82) is 0 Å². The van der Waals surface area contributed by atoms with Crippen LogP contribution in [0.3, 0.4) is 0 Å². The lowest BCUT2D eigenvalue weighted by atomic mass is 9.99. The number of aryl methyl sites for hydroxylation is 9. The molecule has 0 N–H and O–H groups in total. The molecule has 9 aromatic carbocycles. The maximum absolute atomic E-state index is 2.29. The Morgan fingerprint density at radius 2 is 0.266 bits per heavy atom. The summed E-state index contributed by atoms with van der Waals surface area (Å²) in [5.41, 5.74) is 22.9. The van der Waals surface area contributed by atoms with Crippen molar-refractivity contribution in [2.24, 2.45) is 0 Å². The molecule has 320 valence electrons. The Morgan fingerprint density at radius 3 is 0.422 bits per heavy atom. The van der Waals surface area contributed by atoms with E-state index in [2.05, 4.69) is 286 Å². The molecule has 0 aliphatic carbocycles. The average molecular weight is 834 g/mol. The number of hydrogen-bond donors (Lipinski definition) is 0. The molecule has 0 amide bonds. The van der Waals surface area contributed by atoms with Gasteiger partial charge in [-0.3, -0.25) is 0 Å². The highest BCUT2D eigenvalue weighted by molar-refractivity contribution is 5.77. The minimum Gasteiger partial charge on any atom is -0.311 e. The third-order valence-electron chi connectivity index (χ3n) is 11.2. The fraction of sp³-hybridized carbons (Fsp3) is 0.143. The largest absolute Gasteiger partial charge is 0.311 e. The summed E-state index contributed by atoms with van der Waals surface area (Å²) >= 11 is 0. The van der Waals surface area contributed by atoms with Crippen LogP contribution in [0.1, 0.15) is 50.1 Å². The Balaban J connectivity index is 0.000000149. The van der Waals surface area contributed by atoms with Crippen molar-refractivity contribution in [2.75, 3.05) is 4.90 Å². The summed E-state index contributed by atoms with van der Waals surface area (Å²) in [5.74, 6) is 0. The van der Waals surface area contributed by atoms with Gasteiger partial charge >= 0.3 is 0 Å². The topological polar surface area (TPSA) is 3.24 Å². The lowest BCUT2D eigenvalue weighted by Crippen LogP contribution is -2.09. The zero-order valence-electron chi connectivity index (χ0n) is 39.2. The van der Waals surface area contributed by atoms with Gasteiger partial charge in [0.2, 0.25) is 0 Å². The van der Waals surface area contributed by atoms with Gasteiger partial charge in [0.1, 0.15) is 0 Å². The molecule has 0 fully saturated rings. The van der Waals surface area contributed by atoms with E-state index in [4.69, 9.17) is 0 Å². The van der Waals surface area contributed by atoms with Crippen LogP contribution in [0.4, 0.5) is 17.1 Å². The number of hydrogen-bond acceptors (Lipinski definition) is 1. The van der Waals surface area contributed by atoms with Crippen LogP contribution in [0.15, 0.2) is 218 Å². The van der Waals surface area contributed by atoms with Crippen molar-refractivity contribution in [1.82, 2.24) is 0 Å². The van der Waals surface area contributed by atoms with E-state index in [1.54, 1.807) is 0 Å². The predicted molar refractivity (Wildman–Crippen MR) is 279 cm³/mol. The fourth-order valence-electron chi connectivity index (χ4n) is 7.00. The zero-order valence-corrected chi connectivity index (χ0v) is 39.2. The molecule has 0 atom stereocenters. The third-order valence-corrected chi connectivity index (χ3v) is 11.2. The predicted octanol–water partition coefficient (Wildman–Crippen LogP) is 18.0. The molecule has 0 saturated carbocycles. The van der Waals surface area contributed by atoms with E-state index >= 15 is 0 Å². The molecular weight excluding hydrogens is 771 g/mol. The number of benzene rings is 9. The molecule has 64 heavy (non-hydrogen) atoms. The highest BCUT2D eigenvalue weighted by Gasteiger charge is 2.12. The maximum atomic E-state index is 2.29. The van der Waals surface area contributed by atoms with Gasteiger partial charge in [0.15, 0.2) is 0 Å². The second-order valence-electron chi connectivity index (χ2n) is 17.0. The molecule has 0 bridgehead atoms. The Morgan fingerprint density at radius 1 is 0.156 bits per heavy atom. The van der Waals surface area contributed by atoms with E-state index in [1.807, 2.05) is 0 Å². The lowest BCUT2D eigenvalue weighted by molar-refractivity contribution is 1.26. The molecule has 0 aliphatic rings. The van der Waals surface area contributed by atoms with Crippen molar-refractivity contribution in [2.45, 2.75) is 62.3 Å². The van der Waals surface area contributed by atoms with E-state index < -0.39 is 0 Å². The Bertz CT molecular complexity index is 2500. The standard InChI is InChI=1S/C21H21N.C20H18.C14H14.C8H10/c1-16-4-10-19(11-5-16)22(20-12-6-17(2)7-13-20)21-14-8-18(3)9-15-21;1-15-3-7-17(8-4-15)19-11-13-20(14-12-19)18-9-5-16(2)6-10-18;1-11-3-7-13(8-4-11)14-9-5-12(2)6-10-14;1-7-3-5-8(2)6-4-7/h4-15H,1-3H3;3-14H,1-2H3;3-10H,1-2H3;3-6H,1-2H3. The summed E-state index contributed by atoms with van der Waals surface area (Å²) in [6, 6.07) is 77.8. The molecule has 0 aliphatic heterocycles. The van der Waals surface area contributed by atoms with Gasteiger partial charge in [-0.2, -0.15) is 0 Å². The van der Waals surface area contributed by atoms with Crippen molar-refractivity contribution >= 4 is 17.1 Å². The number of nitrogens with zero attached hydrogens (tertiary/aromatic N) is 1. The van der Waals surface area contributed by atoms with Crippen LogP contribution in [0.25, 0.3) is 33.4 Å². The van der Waals surface area contributed by atoms with E-state index in [0.717, 1.165) is 0 Å². The molecule has 1 heteroatoms. The first-order valence-electron chi connectivity index (χ1n) is 22.3. The molecule has 1 nitrogen and oxygen atoms in total. The minimum atomic E-state index is 1.18. The summed E-state index contributed by atoms with van der Waals surface area (Å²) < 4.78 is 0. The Hall–Kier alpha value is -7.22. The maximum Gasteiger partial charge on any atom is 0.0461 e. The van der Waals surface area contributed by atoms with Crippen LogP contribution in [0.5, 0.6) is 0 Å². The molecule has 0 spiro atoms. The monoisotopic (exact) mass is 833 g/mol. The first kappa shape index (κ1) is 46.3. The summed E-state index contributed by atoms with van der Waals surface area (Å²) in [4.78, 5) is 2.29. The van der Waals surface area contributed by atoms with Crippen molar-refractivity contribution in [3.63, 3.8) is 0 Å². The quantitative estimate of drug-likeness (QED) is 0.161. The van der Waals surface area contributed by atoms with Crippen molar-refractivity contribution in [3.05, 3.63) is 268 Å². The Labute approximate surface area is 384 Å². The molecule has 0 aromatic heterocycles. The van der Waals surface area contributed by atoms with Gasteiger partial charge in [-0.05, 0) is 132 Å². The summed E-state index contributed by atoms with van der Waals surface area (Å²) in [7, 11) is 0. The Kier molecular flexibility index (Phi) is 16.5. The van der Waals surface area contributed by atoms with Crippen LogP contribution in [-0.4, -0.2) is 0 Å². The van der Waals surface area contributed by atoms with Gasteiger partial charge in [0.05, 0.1) is 0 Å². The van der Waals surface area contributed by atoms with E-state index in [0.29, 0.717) is 0 Å². The third kappa shape index (κ3) is 13.9. The first-order valence-corrected chi connectivity index (χ1v) is 22.3. The van der Waals surface area contributed by atoms with Crippen molar-refractivity contribution in [3.8, 4) is 33.4 Å². The average Bonchev–Trinajstić information content (AvgIpc) is 3.31. The minimum absolute atomic E-state index is 1.18. The van der Waals surface area contributed by atoms with Crippen LogP contribution < -0.4 is 4.90 Å². The first-order chi connectivity index (χ1) is 30.9. The van der Waals surface area contributed by atoms with Gasteiger partial charge in [0.25, 0.3) is 0 Å². The van der Waals surface area contributed by atoms with E-state index in [-0.39, 0.29) is 0 Å². The van der Waals surface area contributed by atoms with Gasteiger partial charge < -0.3 is 4.90 Å². The van der Waals surface area contributed by atoms with Crippen LogP contribution in [-0.2, 0) is 0 Å². The second-order valence-corrected chi connectivity index (χ2v) is 17.0. The summed E-state index contributed by atoms with van der Waals surface area (Å²) in [6.07, 6.45) is 0. The van der Waals surface area contributed by atoms with Gasteiger partial charge in [-0.1, -0.05) is 232 Å². The molecule has 0 radical (unpaired) electrons. The van der Waals surface area contributed by atoms with Crippen LogP contribution >= 0.6 is 0 Å². The van der Waals surface area contributed by atoms with E-state index in [1.165, 1.54) is 101 Å². The molecule has 0 saturated heterocycles. The number of anilines is 3. The molecule has 9 rings (SSSR count). The molecular formula is C63H63N. The SMILES string of the molecule is Cc1ccc(-c2ccc(-c3ccc(C)cc3)cc2)cc1.Cc1ccc(-c2ccc(C)cc2)cc1.Cc1ccc(C)cc1.Cc1ccc(N(c2ccc(C)cc2)c2ccc(C)cc2)cc1. The second kappa shape index (κ2) is 22.7. The normalized spacial score (nSPS) is 10.3. The summed E-state index contributed by atoms with van der Waals surface area (Å²) in [5, 5.41) is 0. The fourth-order valence-corrected chi connectivity index (χ4v) is 7.00. The van der Waals surface area contributed by atoms with Crippen molar-refractivity contribution < 1.29 is 0 Å². The lowest BCUT2D eigenvalue weighted by Gasteiger charge is -2.25. The van der Waals surface area contributed by atoms with Gasteiger partial charge in [-0.25, -0.2) is 0 Å².